The molecule has 0 heterocycles. The average Bonchev–Trinajstić information content (AvgIpc) is 2.39. The van der Waals surface area contributed by atoms with Crippen molar-refractivity contribution in [3.8, 4) is 0 Å². The van der Waals surface area contributed by atoms with E-state index in [0.717, 1.165) is 5.56 Å². The van der Waals surface area contributed by atoms with E-state index in [4.69, 9.17) is 9.47 Å². The molecule has 0 aromatic heterocycles. The van der Waals surface area contributed by atoms with Gasteiger partial charge in [0, 0.05) is 6.61 Å². The first kappa shape index (κ1) is 15.4. The Balaban J connectivity index is 3.06. The SMILES string of the molecule is CCOC(=O)C(C(C)=O)C(OCC)c1ccccc1. The van der Waals surface area contributed by atoms with E-state index >= 15 is 0 Å². The minimum Gasteiger partial charge on any atom is -0.465 e. The Morgan fingerprint density at radius 2 is 1.74 bits per heavy atom. The van der Waals surface area contributed by atoms with Gasteiger partial charge >= 0.3 is 5.97 Å². The number of ketones is 1. The van der Waals surface area contributed by atoms with Gasteiger partial charge in [-0.15, -0.1) is 0 Å². The molecular weight excluding hydrogens is 244 g/mol. The molecule has 0 aliphatic heterocycles. The first-order valence-electron chi connectivity index (χ1n) is 6.45. The molecule has 1 rings (SSSR count). The standard InChI is InChI=1S/C15H20O4/c1-4-18-14(12-9-7-6-8-10-12)13(11(3)16)15(17)19-5-2/h6-10,13-14H,4-5H2,1-3H3. The molecular formula is C15H20O4. The molecule has 2 unspecified atom stereocenters. The fourth-order valence-electron chi connectivity index (χ4n) is 1.94. The van der Waals surface area contributed by atoms with Crippen molar-refractivity contribution in [1.82, 2.24) is 0 Å². The van der Waals surface area contributed by atoms with Gasteiger partial charge in [-0.25, -0.2) is 0 Å². The van der Waals surface area contributed by atoms with Crippen LogP contribution in [-0.2, 0) is 19.1 Å². The molecule has 0 radical (unpaired) electrons. The van der Waals surface area contributed by atoms with Gasteiger partial charge in [0.15, 0.2) is 0 Å². The zero-order valence-corrected chi connectivity index (χ0v) is 11.6. The van der Waals surface area contributed by atoms with Crippen LogP contribution in [0.15, 0.2) is 30.3 Å². The number of benzene rings is 1. The van der Waals surface area contributed by atoms with Gasteiger partial charge in [0.1, 0.15) is 17.8 Å². The lowest BCUT2D eigenvalue weighted by Gasteiger charge is -2.24. The maximum absolute atomic E-state index is 12.0. The molecule has 4 heteroatoms. The molecule has 0 fully saturated rings. The van der Waals surface area contributed by atoms with Crippen molar-refractivity contribution in [3.05, 3.63) is 35.9 Å². The molecule has 0 spiro atoms. The molecule has 0 aliphatic carbocycles. The van der Waals surface area contributed by atoms with Crippen molar-refractivity contribution in [1.29, 1.82) is 0 Å². The Kier molecular flexibility index (Phi) is 6.22. The van der Waals surface area contributed by atoms with Crippen molar-refractivity contribution in [2.45, 2.75) is 26.9 Å². The molecule has 0 bridgehead atoms. The highest BCUT2D eigenvalue weighted by Crippen LogP contribution is 2.28. The lowest BCUT2D eigenvalue weighted by molar-refractivity contribution is -0.157. The normalized spacial score (nSPS) is 13.6. The van der Waals surface area contributed by atoms with Crippen LogP contribution in [0.25, 0.3) is 0 Å². The first-order valence-corrected chi connectivity index (χ1v) is 6.45. The maximum atomic E-state index is 12.0. The van der Waals surface area contributed by atoms with Gasteiger partial charge in [0.2, 0.25) is 0 Å². The van der Waals surface area contributed by atoms with Crippen molar-refractivity contribution in [2.75, 3.05) is 13.2 Å². The highest BCUT2D eigenvalue weighted by atomic mass is 16.5. The predicted molar refractivity (Wildman–Crippen MR) is 71.6 cm³/mol. The van der Waals surface area contributed by atoms with Crippen molar-refractivity contribution < 1.29 is 19.1 Å². The molecule has 2 atom stereocenters. The molecule has 4 nitrogen and oxygen atoms in total. The summed E-state index contributed by atoms with van der Waals surface area (Å²) in [5, 5.41) is 0. The zero-order valence-electron chi connectivity index (χ0n) is 11.6. The third kappa shape index (κ3) is 4.17. The number of rotatable bonds is 7. The van der Waals surface area contributed by atoms with Gasteiger partial charge < -0.3 is 9.47 Å². The van der Waals surface area contributed by atoms with Crippen LogP contribution < -0.4 is 0 Å². The topological polar surface area (TPSA) is 52.6 Å². The van der Waals surface area contributed by atoms with Crippen LogP contribution in [0, 0.1) is 5.92 Å². The fourth-order valence-corrected chi connectivity index (χ4v) is 1.94. The summed E-state index contributed by atoms with van der Waals surface area (Å²) < 4.78 is 10.6. The van der Waals surface area contributed by atoms with Crippen LogP contribution in [0.3, 0.4) is 0 Å². The van der Waals surface area contributed by atoms with E-state index in [9.17, 15) is 9.59 Å². The van der Waals surface area contributed by atoms with Crippen LogP contribution >= 0.6 is 0 Å². The van der Waals surface area contributed by atoms with E-state index in [1.54, 1.807) is 6.92 Å². The Labute approximate surface area is 113 Å². The summed E-state index contributed by atoms with van der Waals surface area (Å²) in [5.41, 5.74) is 0.803. The van der Waals surface area contributed by atoms with Crippen LogP contribution in [0.1, 0.15) is 32.4 Å². The third-order valence-corrected chi connectivity index (χ3v) is 2.76. The van der Waals surface area contributed by atoms with Gasteiger partial charge in [-0.3, -0.25) is 9.59 Å². The number of carbonyl (C=O) groups is 2. The maximum Gasteiger partial charge on any atom is 0.319 e. The Bertz CT molecular complexity index is 413. The van der Waals surface area contributed by atoms with Crippen LogP contribution in [-0.4, -0.2) is 25.0 Å². The summed E-state index contributed by atoms with van der Waals surface area (Å²) in [4.78, 5) is 23.7. The highest BCUT2D eigenvalue weighted by Gasteiger charge is 2.35. The molecule has 1 aromatic carbocycles. The molecule has 0 aliphatic rings. The summed E-state index contributed by atoms with van der Waals surface area (Å²) in [6.45, 7) is 5.60. The van der Waals surface area contributed by atoms with Gasteiger partial charge in [0.05, 0.1) is 6.61 Å². The number of hydrogen-bond acceptors (Lipinski definition) is 4. The summed E-state index contributed by atoms with van der Waals surface area (Å²) >= 11 is 0. The van der Waals surface area contributed by atoms with Gasteiger partial charge in [0.25, 0.3) is 0 Å². The number of hydrogen-bond donors (Lipinski definition) is 0. The lowest BCUT2D eigenvalue weighted by Crippen LogP contribution is -2.32. The second-order valence-corrected chi connectivity index (χ2v) is 4.13. The fraction of sp³-hybridized carbons (Fsp3) is 0.467. The summed E-state index contributed by atoms with van der Waals surface area (Å²) in [7, 11) is 0. The van der Waals surface area contributed by atoms with Crippen molar-refractivity contribution in [2.24, 2.45) is 5.92 Å². The summed E-state index contributed by atoms with van der Waals surface area (Å²) in [6, 6.07) is 9.26. The average molecular weight is 264 g/mol. The molecule has 0 amide bonds. The van der Waals surface area contributed by atoms with E-state index in [0.29, 0.717) is 6.61 Å². The quantitative estimate of drug-likeness (QED) is 0.561. The van der Waals surface area contributed by atoms with Crippen molar-refractivity contribution in [3.63, 3.8) is 0 Å². The first-order chi connectivity index (χ1) is 9.11. The number of esters is 1. The number of ether oxygens (including phenoxy) is 2. The van der Waals surface area contributed by atoms with Gasteiger partial charge in [-0.05, 0) is 26.3 Å². The molecule has 1 aromatic rings. The van der Waals surface area contributed by atoms with E-state index in [-0.39, 0.29) is 12.4 Å². The summed E-state index contributed by atoms with van der Waals surface area (Å²) in [5.74, 6) is -1.69. The van der Waals surface area contributed by atoms with E-state index in [2.05, 4.69) is 0 Å². The van der Waals surface area contributed by atoms with Crippen LogP contribution in [0.5, 0.6) is 0 Å². The molecule has 0 saturated carbocycles. The number of carbonyl (C=O) groups excluding carboxylic acids is 2. The van der Waals surface area contributed by atoms with E-state index < -0.39 is 18.0 Å². The monoisotopic (exact) mass is 264 g/mol. The highest BCUT2D eigenvalue weighted by molar-refractivity contribution is 5.98. The molecule has 0 N–H and O–H groups in total. The van der Waals surface area contributed by atoms with E-state index in [1.165, 1.54) is 6.92 Å². The van der Waals surface area contributed by atoms with Crippen LogP contribution in [0.4, 0.5) is 0 Å². The Hall–Kier alpha value is -1.68. The smallest absolute Gasteiger partial charge is 0.319 e. The molecule has 19 heavy (non-hydrogen) atoms. The summed E-state index contributed by atoms with van der Waals surface area (Å²) in [6.07, 6.45) is -0.595. The zero-order chi connectivity index (χ0) is 14.3. The third-order valence-electron chi connectivity index (χ3n) is 2.76. The lowest BCUT2D eigenvalue weighted by atomic mass is 9.92. The molecule has 0 saturated heterocycles. The Morgan fingerprint density at radius 1 is 1.11 bits per heavy atom. The predicted octanol–water partition coefficient (Wildman–Crippen LogP) is 2.53. The van der Waals surface area contributed by atoms with Gasteiger partial charge in [-0.2, -0.15) is 0 Å². The second-order valence-electron chi connectivity index (χ2n) is 4.13. The minimum absolute atomic E-state index is 0.246. The minimum atomic E-state index is -0.915. The number of Topliss-reactive ketones (excluding diaryl/α,β-unsaturated/α-hetero) is 1. The van der Waals surface area contributed by atoms with E-state index in [1.807, 2.05) is 37.3 Å². The largest absolute Gasteiger partial charge is 0.465 e. The van der Waals surface area contributed by atoms with Crippen LogP contribution in [0.2, 0.25) is 0 Å². The van der Waals surface area contributed by atoms with Gasteiger partial charge in [-0.1, -0.05) is 30.3 Å². The van der Waals surface area contributed by atoms with Crippen molar-refractivity contribution >= 4 is 11.8 Å². The molecule has 104 valence electrons. The Morgan fingerprint density at radius 3 is 2.21 bits per heavy atom. The second kappa shape index (κ2) is 7.69.